The van der Waals surface area contributed by atoms with E-state index in [1.807, 2.05) is 0 Å². The number of nitrogens with zero attached hydrogens (tertiary/aromatic N) is 2. The van der Waals surface area contributed by atoms with Crippen LogP contribution in [0.2, 0.25) is 0 Å². The molecule has 0 spiro atoms. The van der Waals surface area contributed by atoms with Crippen molar-refractivity contribution in [2.45, 2.75) is 0 Å². The molecule has 0 aromatic heterocycles. The number of phenols is 1. The summed E-state index contributed by atoms with van der Waals surface area (Å²) in [7, 11) is 1.22. The molecule has 0 aliphatic carbocycles. The monoisotopic (exact) mass is 602 g/mol. The first-order valence-electron chi connectivity index (χ1n) is 10.0. The first kappa shape index (κ1) is 25.8. The van der Waals surface area contributed by atoms with Crippen LogP contribution in [-0.4, -0.2) is 30.2 Å². The van der Waals surface area contributed by atoms with Crippen LogP contribution >= 0.6 is 31.9 Å². The van der Waals surface area contributed by atoms with Crippen LogP contribution < -0.4 is 21.1 Å². The number of para-hydroxylation sites is 3. The number of carbonyl (C=O) groups excluding carboxylic acids is 3. The Morgan fingerprint density at radius 1 is 0.914 bits per heavy atom. The van der Waals surface area contributed by atoms with Crippen LogP contribution in [-0.2, 0) is 9.53 Å². The first-order valence-corrected chi connectivity index (χ1v) is 11.6. The van der Waals surface area contributed by atoms with Gasteiger partial charge >= 0.3 is 18.0 Å². The van der Waals surface area contributed by atoms with Crippen LogP contribution in [0.3, 0.4) is 0 Å². The quantitative estimate of drug-likeness (QED) is 0.203. The Bertz CT molecular complexity index is 1250. The lowest BCUT2D eigenvalue weighted by molar-refractivity contribution is -0.134. The molecule has 3 aromatic carbocycles. The lowest BCUT2D eigenvalue weighted by Gasteiger charge is -2.32. The molecule has 0 unspecified atom stereocenters. The smallest absolute Gasteiger partial charge is 0.352 e. The van der Waals surface area contributed by atoms with Crippen LogP contribution in [0.25, 0.3) is 6.08 Å². The number of nitrogens with one attached hydrogen (secondary N) is 1. The van der Waals surface area contributed by atoms with Crippen molar-refractivity contribution < 1.29 is 24.2 Å². The topological polar surface area (TPSA) is 125 Å². The molecule has 0 atom stereocenters. The molecule has 11 heteroatoms. The summed E-state index contributed by atoms with van der Waals surface area (Å²) >= 11 is 6.94. The van der Waals surface area contributed by atoms with Gasteiger partial charge in [-0.2, -0.15) is 5.01 Å². The van der Waals surface area contributed by atoms with Crippen LogP contribution in [0.15, 0.2) is 81.8 Å². The number of carbonyl (C=O) groups is 3. The van der Waals surface area contributed by atoms with Gasteiger partial charge in [0, 0.05) is 20.6 Å². The maximum absolute atomic E-state index is 14.0. The van der Waals surface area contributed by atoms with Gasteiger partial charge in [-0.15, -0.1) is 0 Å². The average molecular weight is 604 g/mol. The van der Waals surface area contributed by atoms with Crippen LogP contribution in [0.1, 0.15) is 5.56 Å². The number of nitrogens with two attached hydrogens (primary N) is 1. The normalized spacial score (nSPS) is 10.6. The number of esters is 1. The molecule has 4 N–H and O–H groups in total. The van der Waals surface area contributed by atoms with Crippen molar-refractivity contribution >= 4 is 73.0 Å². The number of aromatic hydroxyl groups is 1. The molecule has 9 nitrogen and oxygen atoms in total. The zero-order valence-electron chi connectivity index (χ0n) is 18.3. The minimum absolute atomic E-state index is 0.0788. The molecule has 0 radical (unpaired) electrons. The molecule has 180 valence electrons. The minimum atomic E-state index is -1.03. The Hall–Kier alpha value is -3.83. The third-order valence-electron chi connectivity index (χ3n) is 4.68. The van der Waals surface area contributed by atoms with E-state index in [0.29, 0.717) is 20.3 Å². The van der Waals surface area contributed by atoms with Gasteiger partial charge < -0.3 is 15.6 Å². The predicted molar refractivity (Wildman–Crippen MR) is 140 cm³/mol. The second kappa shape index (κ2) is 11.5. The highest BCUT2D eigenvalue weighted by Gasteiger charge is 2.30. The summed E-state index contributed by atoms with van der Waals surface area (Å²) in [5.41, 5.74) is 8.69. The average Bonchev–Trinajstić information content (AvgIpc) is 2.84. The van der Waals surface area contributed by atoms with E-state index in [2.05, 4.69) is 42.0 Å². The van der Waals surface area contributed by atoms with Gasteiger partial charge in [-0.05, 0) is 68.3 Å². The van der Waals surface area contributed by atoms with Crippen molar-refractivity contribution in [1.29, 1.82) is 0 Å². The summed E-state index contributed by atoms with van der Waals surface area (Å²) in [4.78, 5) is 38.7. The zero-order valence-corrected chi connectivity index (χ0v) is 21.5. The Balaban J connectivity index is 2.18. The SMILES string of the molecule is COC(=O)/C=C/c1cccc(N(NC(N)=O)C(=O)N(c2ccccc2Br)c2ccccc2Br)c1O. The van der Waals surface area contributed by atoms with E-state index in [1.165, 1.54) is 36.3 Å². The molecule has 0 aliphatic rings. The van der Waals surface area contributed by atoms with Crippen molar-refractivity contribution in [2.24, 2.45) is 5.73 Å². The number of anilines is 3. The van der Waals surface area contributed by atoms with E-state index in [4.69, 9.17) is 5.73 Å². The fourth-order valence-corrected chi connectivity index (χ4v) is 4.04. The molecule has 4 amide bonds. The maximum atomic E-state index is 14.0. The zero-order chi connectivity index (χ0) is 25.5. The van der Waals surface area contributed by atoms with Gasteiger partial charge in [0.2, 0.25) is 0 Å². The number of rotatable bonds is 5. The Morgan fingerprint density at radius 3 is 1.97 bits per heavy atom. The number of hydrogen-bond acceptors (Lipinski definition) is 5. The molecule has 0 saturated carbocycles. The summed E-state index contributed by atoms with van der Waals surface area (Å²) in [6, 6.07) is 16.7. The number of phenolic OH excluding ortho intramolecular Hbond substituents is 1. The number of halogens is 2. The van der Waals surface area contributed by atoms with Gasteiger partial charge in [0.15, 0.2) is 0 Å². The number of ether oxygens (including phenoxy) is 1. The van der Waals surface area contributed by atoms with Gasteiger partial charge in [0.25, 0.3) is 0 Å². The van der Waals surface area contributed by atoms with Crippen molar-refractivity contribution in [3.05, 3.63) is 87.3 Å². The highest BCUT2D eigenvalue weighted by atomic mass is 79.9. The number of amides is 4. The lowest BCUT2D eigenvalue weighted by atomic mass is 10.1. The third-order valence-corrected chi connectivity index (χ3v) is 6.02. The number of hydrogen-bond donors (Lipinski definition) is 3. The Labute approximate surface area is 218 Å². The number of urea groups is 2. The standard InChI is InChI=1S/C24H20Br2N4O5/c1-35-21(31)14-13-15-7-6-12-20(22(15)32)30(28-23(27)33)24(34)29(18-10-4-2-8-16(18)25)19-11-5-3-9-17(19)26/h2-14,32H,1H3,(H3,27,28,33)/b14-13+. The summed E-state index contributed by atoms with van der Waals surface area (Å²) in [6.07, 6.45) is 2.43. The van der Waals surface area contributed by atoms with E-state index in [-0.39, 0.29) is 17.0 Å². The maximum Gasteiger partial charge on any atom is 0.352 e. The van der Waals surface area contributed by atoms with Gasteiger partial charge in [-0.1, -0.05) is 36.4 Å². The fourth-order valence-electron chi connectivity index (χ4n) is 3.11. The summed E-state index contributed by atoms with van der Waals surface area (Å²) in [5, 5.41) is 11.7. The molecule has 0 fully saturated rings. The van der Waals surface area contributed by atoms with E-state index < -0.39 is 18.0 Å². The van der Waals surface area contributed by atoms with E-state index in [0.717, 1.165) is 11.1 Å². The summed E-state index contributed by atoms with van der Waals surface area (Å²) in [6.45, 7) is 0. The van der Waals surface area contributed by atoms with Gasteiger partial charge in [0.05, 0.1) is 18.5 Å². The second-order valence-electron chi connectivity index (χ2n) is 6.90. The molecule has 3 aromatic rings. The van der Waals surface area contributed by atoms with Gasteiger partial charge in [-0.3, -0.25) is 4.90 Å². The Morgan fingerprint density at radius 2 is 1.46 bits per heavy atom. The molecule has 0 aliphatic heterocycles. The number of hydrazine groups is 1. The fraction of sp³-hybridized carbons (Fsp3) is 0.0417. The molecule has 35 heavy (non-hydrogen) atoms. The largest absolute Gasteiger partial charge is 0.505 e. The van der Waals surface area contributed by atoms with Crippen LogP contribution in [0.4, 0.5) is 26.7 Å². The number of primary amides is 1. The lowest BCUT2D eigenvalue weighted by Crippen LogP contribution is -2.53. The van der Waals surface area contributed by atoms with Crippen molar-refractivity contribution in [3.63, 3.8) is 0 Å². The third kappa shape index (κ3) is 6.00. The molecule has 0 heterocycles. The van der Waals surface area contributed by atoms with Crippen molar-refractivity contribution in [3.8, 4) is 5.75 Å². The van der Waals surface area contributed by atoms with E-state index >= 15 is 0 Å². The van der Waals surface area contributed by atoms with Crippen LogP contribution in [0.5, 0.6) is 5.75 Å². The highest BCUT2D eigenvalue weighted by Crippen LogP contribution is 2.39. The molecule has 0 saturated heterocycles. The molecular weight excluding hydrogens is 584 g/mol. The predicted octanol–water partition coefficient (Wildman–Crippen LogP) is 5.45. The highest BCUT2D eigenvalue weighted by molar-refractivity contribution is 9.11. The summed E-state index contributed by atoms with van der Waals surface area (Å²) in [5.74, 6) is -1.01. The van der Waals surface area contributed by atoms with Gasteiger partial charge in [0.1, 0.15) is 11.4 Å². The van der Waals surface area contributed by atoms with E-state index in [1.54, 1.807) is 48.5 Å². The van der Waals surface area contributed by atoms with Gasteiger partial charge in [-0.25, -0.2) is 19.8 Å². The first-order chi connectivity index (χ1) is 16.7. The Kier molecular flexibility index (Phi) is 8.50. The molecular formula is C24H20Br2N4O5. The van der Waals surface area contributed by atoms with E-state index in [9.17, 15) is 19.5 Å². The second-order valence-corrected chi connectivity index (χ2v) is 8.61. The van der Waals surface area contributed by atoms with Crippen LogP contribution in [0, 0.1) is 0 Å². The molecule has 0 bridgehead atoms. The minimum Gasteiger partial charge on any atom is -0.505 e. The van der Waals surface area contributed by atoms with Crippen molar-refractivity contribution in [2.75, 3.05) is 17.0 Å². The number of benzene rings is 3. The molecule has 3 rings (SSSR count). The number of methoxy groups -OCH3 is 1. The van der Waals surface area contributed by atoms with Crippen molar-refractivity contribution in [1.82, 2.24) is 5.43 Å². The summed E-state index contributed by atoms with van der Waals surface area (Å²) < 4.78 is 5.77.